The molecule has 3 heterocycles. The molecule has 1 saturated heterocycles. The SMILES string of the molecule is Cc1cnn2c(N)cc(N3CCCNCC3)nc12. The molecule has 1 fully saturated rings. The molecular formula is C12H18N6. The number of anilines is 2. The van der Waals surface area contributed by atoms with Gasteiger partial charge >= 0.3 is 0 Å². The lowest BCUT2D eigenvalue weighted by Crippen LogP contribution is -2.29. The Hall–Kier alpha value is -1.82. The Labute approximate surface area is 106 Å². The fourth-order valence-electron chi connectivity index (χ4n) is 2.32. The average Bonchev–Trinajstić information content (AvgIpc) is 2.61. The average molecular weight is 246 g/mol. The summed E-state index contributed by atoms with van der Waals surface area (Å²) in [6, 6.07) is 1.91. The molecule has 0 unspecified atom stereocenters. The quantitative estimate of drug-likeness (QED) is 0.763. The third kappa shape index (κ3) is 1.88. The summed E-state index contributed by atoms with van der Waals surface area (Å²) in [5.41, 5.74) is 7.94. The second-order valence-corrected chi connectivity index (χ2v) is 4.69. The van der Waals surface area contributed by atoms with Crippen molar-refractivity contribution in [1.29, 1.82) is 0 Å². The van der Waals surface area contributed by atoms with Gasteiger partial charge in [-0.15, -0.1) is 0 Å². The minimum absolute atomic E-state index is 0.639. The molecule has 0 aliphatic carbocycles. The molecule has 0 spiro atoms. The van der Waals surface area contributed by atoms with E-state index in [1.807, 2.05) is 13.0 Å². The molecule has 6 nitrogen and oxygen atoms in total. The van der Waals surface area contributed by atoms with Gasteiger partial charge in [0.15, 0.2) is 5.65 Å². The number of nitrogen functional groups attached to an aromatic ring is 1. The molecule has 0 radical (unpaired) electrons. The van der Waals surface area contributed by atoms with Crippen LogP contribution in [0, 0.1) is 6.92 Å². The Balaban J connectivity index is 2.02. The Morgan fingerprint density at radius 3 is 3.11 bits per heavy atom. The molecule has 0 atom stereocenters. The first kappa shape index (κ1) is 11.3. The summed E-state index contributed by atoms with van der Waals surface area (Å²) < 4.78 is 1.69. The maximum Gasteiger partial charge on any atom is 0.162 e. The van der Waals surface area contributed by atoms with Crippen molar-refractivity contribution in [1.82, 2.24) is 19.9 Å². The van der Waals surface area contributed by atoms with Gasteiger partial charge < -0.3 is 16.0 Å². The van der Waals surface area contributed by atoms with E-state index in [2.05, 4.69) is 20.3 Å². The third-order valence-corrected chi connectivity index (χ3v) is 3.33. The maximum atomic E-state index is 6.03. The van der Waals surface area contributed by atoms with Crippen molar-refractivity contribution in [3.05, 3.63) is 17.8 Å². The highest BCUT2D eigenvalue weighted by Gasteiger charge is 2.14. The topological polar surface area (TPSA) is 71.5 Å². The minimum atomic E-state index is 0.639. The van der Waals surface area contributed by atoms with Gasteiger partial charge in [0.05, 0.1) is 6.20 Å². The van der Waals surface area contributed by atoms with Gasteiger partial charge in [0.2, 0.25) is 0 Å². The molecule has 0 amide bonds. The first-order valence-electron chi connectivity index (χ1n) is 6.32. The van der Waals surface area contributed by atoms with E-state index in [4.69, 9.17) is 5.73 Å². The number of fused-ring (bicyclic) bond motifs is 1. The Morgan fingerprint density at radius 1 is 1.33 bits per heavy atom. The fraction of sp³-hybridized carbons (Fsp3) is 0.500. The normalized spacial score (nSPS) is 17.1. The van der Waals surface area contributed by atoms with Crippen molar-refractivity contribution in [2.45, 2.75) is 13.3 Å². The number of nitrogens with two attached hydrogens (primary N) is 1. The summed E-state index contributed by atoms with van der Waals surface area (Å²) >= 11 is 0. The highest BCUT2D eigenvalue weighted by molar-refractivity contribution is 5.59. The predicted molar refractivity (Wildman–Crippen MR) is 71.8 cm³/mol. The van der Waals surface area contributed by atoms with Crippen LogP contribution in [0.15, 0.2) is 12.3 Å². The van der Waals surface area contributed by atoms with Gasteiger partial charge in [-0.3, -0.25) is 0 Å². The molecule has 3 rings (SSSR count). The molecule has 96 valence electrons. The molecule has 1 aliphatic heterocycles. The first-order valence-corrected chi connectivity index (χ1v) is 6.32. The van der Waals surface area contributed by atoms with Gasteiger partial charge in [-0.05, 0) is 19.9 Å². The van der Waals surface area contributed by atoms with Gasteiger partial charge in [-0.25, -0.2) is 4.98 Å². The van der Waals surface area contributed by atoms with E-state index in [-0.39, 0.29) is 0 Å². The number of aromatic nitrogens is 3. The summed E-state index contributed by atoms with van der Waals surface area (Å²) in [5, 5.41) is 7.61. The maximum absolute atomic E-state index is 6.03. The zero-order chi connectivity index (χ0) is 12.5. The standard InChI is InChI=1S/C12H18N6/c1-9-8-15-18-10(13)7-11(16-12(9)18)17-5-2-3-14-4-6-17/h7-8,14H,2-6,13H2,1H3. The number of hydrogen-bond donors (Lipinski definition) is 2. The van der Waals surface area contributed by atoms with Crippen molar-refractivity contribution in [3.8, 4) is 0 Å². The van der Waals surface area contributed by atoms with E-state index in [1.54, 1.807) is 10.7 Å². The lowest BCUT2D eigenvalue weighted by molar-refractivity contribution is 0.724. The van der Waals surface area contributed by atoms with Crippen LogP contribution in [0.4, 0.5) is 11.6 Å². The van der Waals surface area contributed by atoms with Crippen molar-refractivity contribution in [3.63, 3.8) is 0 Å². The Kier molecular flexibility index (Phi) is 2.79. The van der Waals surface area contributed by atoms with Crippen molar-refractivity contribution in [2.24, 2.45) is 0 Å². The highest BCUT2D eigenvalue weighted by Crippen LogP contribution is 2.19. The van der Waals surface area contributed by atoms with Gasteiger partial charge in [-0.2, -0.15) is 9.61 Å². The molecule has 18 heavy (non-hydrogen) atoms. The smallest absolute Gasteiger partial charge is 0.162 e. The van der Waals surface area contributed by atoms with Crippen LogP contribution in [0.5, 0.6) is 0 Å². The summed E-state index contributed by atoms with van der Waals surface area (Å²) in [6.07, 6.45) is 2.93. The number of rotatable bonds is 1. The molecule has 0 saturated carbocycles. The summed E-state index contributed by atoms with van der Waals surface area (Å²) in [6.45, 7) is 6.05. The van der Waals surface area contributed by atoms with Crippen LogP contribution in [-0.4, -0.2) is 40.8 Å². The number of nitrogens with one attached hydrogen (secondary N) is 1. The van der Waals surface area contributed by atoms with E-state index in [1.165, 1.54) is 0 Å². The second kappa shape index (κ2) is 4.45. The molecule has 0 bridgehead atoms. The van der Waals surface area contributed by atoms with Crippen molar-refractivity contribution >= 4 is 17.3 Å². The van der Waals surface area contributed by atoms with Crippen molar-refractivity contribution in [2.75, 3.05) is 36.8 Å². The zero-order valence-electron chi connectivity index (χ0n) is 10.6. The van der Waals surface area contributed by atoms with Crippen LogP contribution in [0.2, 0.25) is 0 Å². The lowest BCUT2D eigenvalue weighted by atomic mass is 10.3. The molecule has 3 N–H and O–H groups in total. The number of aryl methyl sites for hydroxylation is 1. The predicted octanol–water partition coefficient (Wildman–Crippen LogP) is 0.420. The highest BCUT2D eigenvalue weighted by atomic mass is 15.3. The lowest BCUT2D eigenvalue weighted by Gasteiger charge is -2.21. The van der Waals surface area contributed by atoms with Crippen LogP contribution >= 0.6 is 0 Å². The molecular weight excluding hydrogens is 228 g/mol. The Morgan fingerprint density at radius 2 is 2.22 bits per heavy atom. The monoisotopic (exact) mass is 246 g/mol. The van der Waals surface area contributed by atoms with E-state index in [9.17, 15) is 0 Å². The van der Waals surface area contributed by atoms with Crippen LogP contribution in [-0.2, 0) is 0 Å². The number of hydrogen-bond acceptors (Lipinski definition) is 5. The summed E-state index contributed by atoms with van der Waals surface area (Å²) in [4.78, 5) is 6.96. The van der Waals surface area contributed by atoms with Gasteiger partial charge in [0.1, 0.15) is 11.6 Å². The third-order valence-electron chi connectivity index (χ3n) is 3.33. The summed E-state index contributed by atoms with van der Waals surface area (Å²) in [5.74, 6) is 1.59. The van der Waals surface area contributed by atoms with Crippen LogP contribution < -0.4 is 16.0 Å². The van der Waals surface area contributed by atoms with Crippen LogP contribution in [0.25, 0.3) is 5.65 Å². The fourth-order valence-corrected chi connectivity index (χ4v) is 2.32. The van der Waals surface area contributed by atoms with E-state index < -0.39 is 0 Å². The van der Waals surface area contributed by atoms with Gasteiger partial charge in [-0.1, -0.05) is 0 Å². The zero-order valence-corrected chi connectivity index (χ0v) is 10.6. The second-order valence-electron chi connectivity index (χ2n) is 4.69. The van der Waals surface area contributed by atoms with E-state index in [0.717, 1.165) is 49.6 Å². The van der Waals surface area contributed by atoms with E-state index in [0.29, 0.717) is 5.82 Å². The molecule has 6 heteroatoms. The molecule has 0 aromatic carbocycles. The van der Waals surface area contributed by atoms with Crippen LogP contribution in [0.3, 0.4) is 0 Å². The minimum Gasteiger partial charge on any atom is -0.383 e. The molecule has 2 aromatic heterocycles. The van der Waals surface area contributed by atoms with Crippen molar-refractivity contribution < 1.29 is 0 Å². The largest absolute Gasteiger partial charge is 0.383 e. The Bertz CT molecular complexity index is 553. The first-order chi connectivity index (χ1) is 8.75. The molecule has 2 aromatic rings. The molecule has 1 aliphatic rings. The van der Waals surface area contributed by atoms with Crippen LogP contribution in [0.1, 0.15) is 12.0 Å². The number of nitrogens with zero attached hydrogens (tertiary/aromatic N) is 4. The van der Waals surface area contributed by atoms with Gasteiger partial charge in [0.25, 0.3) is 0 Å². The van der Waals surface area contributed by atoms with E-state index >= 15 is 0 Å². The van der Waals surface area contributed by atoms with Gasteiger partial charge in [0, 0.05) is 31.3 Å². The summed E-state index contributed by atoms with van der Waals surface area (Å²) in [7, 11) is 0.